The lowest BCUT2D eigenvalue weighted by Gasteiger charge is -2.33. The molecule has 0 aromatic rings. The molecule has 1 saturated heterocycles. The summed E-state index contributed by atoms with van der Waals surface area (Å²) in [5, 5.41) is 3.34. The third kappa shape index (κ3) is 3.44. The molecule has 1 aliphatic rings. The second-order valence-electron chi connectivity index (χ2n) is 3.75. The van der Waals surface area contributed by atoms with Gasteiger partial charge in [-0.1, -0.05) is 6.92 Å². The van der Waals surface area contributed by atoms with Crippen molar-refractivity contribution >= 4 is 5.78 Å². The van der Waals surface area contributed by atoms with E-state index in [-0.39, 0.29) is 5.78 Å². The van der Waals surface area contributed by atoms with E-state index in [9.17, 15) is 4.79 Å². The van der Waals surface area contributed by atoms with E-state index in [1.165, 1.54) is 12.8 Å². The Morgan fingerprint density at radius 2 is 2.08 bits per heavy atom. The SMILES string of the molecule is CCN(CC(C)=O)C1CCNCC1. The zero-order valence-electron chi connectivity index (χ0n) is 8.68. The summed E-state index contributed by atoms with van der Waals surface area (Å²) in [6.07, 6.45) is 2.36. The minimum atomic E-state index is 0.278. The van der Waals surface area contributed by atoms with Crippen LogP contribution in [0.25, 0.3) is 0 Å². The second kappa shape index (κ2) is 5.35. The van der Waals surface area contributed by atoms with Crippen molar-refractivity contribution in [1.82, 2.24) is 10.2 Å². The third-order valence-corrected chi connectivity index (χ3v) is 2.66. The minimum absolute atomic E-state index is 0.278. The van der Waals surface area contributed by atoms with Crippen molar-refractivity contribution < 1.29 is 4.79 Å². The summed E-state index contributed by atoms with van der Waals surface area (Å²) in [4.78, 5) is 13.3. The lowest BCUT2D eigenvalue weighted by atomic mass is 10.0. The van der Waals surface area contributed by atoms with Gasteiger partial charge in [-0.05, 0) is 39.4 Å². The number of Topliss-reactive ketones (excluding diaryl/α,β-unsaturated/α-hetero) is 1. The smallest absolute Gasteiger partial charge is 0.143 e. The Bertz CT molecular complexity index is 164. The van der Waals surface area contributed by atoms with Crippen LogP contribution < -0.4 is 5.32 Å². The average molecular weight is 184 g/mol. The molecular weight excluding hydrogens is 164 g/mol. The Hall–Kier alpha value is -0.410. The monoisotopic (exact) mass is 184 g/mol. The van der Waals surface area contributed by atoms with E-state index in [2.05, 4.69) is 17.1 Å². The number of piperidine rings is 1. The van der Waals surface area contributed by atoms with Crippen molar-refractivity contribution in [2.24, 2.45) is 0 Å². The van der Waals surface area contributed by atoms with Gasteiger partial charge < -0.3 is 5.32 Å². The fourth-order valence-corrected chi connectivity index (χ4v) is 1.96. The van der Waals surface area contributed by atoms with E-state index in [1.54, 1.807) is 6.92 Å². The van der Waals surface area contributed by atoms with Crippen molar-refractivity contribution in [3.8, 4) is 0 Å². The van der Waals surface area contributed by atoms with E-state index >= 15 is 0 Å². The molecule has 0 amide bonds. The first-order chi connectivity index (χ1) is 6.24. The van der Waals surface area contributed by atoms with Gasteiger partial charge in [-0.2, -0.15) is 0 Å². The molecule has 0 atom stereocenters. The predicted molar refractivity (Wildman–Crippen MR) is 53.8 cm³/mol. The predicted octanol–water partition coefficient (Wildman–Crippen LogP) is 0.649. The Morgan fingerprint density at radius 1 is 1.46 bits per heavy atom. The Morgan fingerprint density at radius 3 is 2.54 bits per heavy atom. The van der Waals surface area contributed by atoms with E-state index in [4.69, 9.17) is 0 Å². The number of carbonyl (C=O) groups excluding carboxylic acids is 1. The van der Waals surface area contributed by atoms with E-state index in [1.807, 2.05) is 0 Å². The van der Waals surface area contributed by atoms with Crippen molar-refractivity contribution in [2.75, 3.05) is 26.2 Å². The maximum Gasteiger partial charge on any atom is 0.143 e. The lowest BCUT2D eigenvalue weighted by Crippen LogP contribution is -2.44. The summed E-state index contributed by atoms with van der Waals surface area (Å²) in [6, 6.07) is 0.621. The molecule has 76 valence electrons. The fourth-order valence-electron chi connectivity index (χ4n) is 1.96. The molecule has 13 heavy (non-hydrogen) atoms. The fraction of sp³-hybridized carbons (Fsp3) is 0.900. The third-order valence-electron chi connectivity index (χ3n) is 2.66. The highest BCUT2D eigenvalue weighted by Crippen LogP contribution is 2.10. The second-order valence-corrected chi connectivity index (χ2v) is 3.75. The largest absolute Gasteiger partial charge is 0.317 e. The molecule has 1 heterocycles. The molecule has 3 heteroatoms. The van der Waals surface area contributed by atoms with Gasteiger partial charge in [-0.15, -0.1) is 0 Å². The number of likely N-dealkylation sites (N-methyl/N-ethyl adjacent to an activating group) is 1. The maximum atomic E-state index is 11.0. The first-order valence-corrected chi connectivity index (χ1v) is 5.18. The quantitative estimate of drug-likeness (QED) is 0.696. The summed E-state index contributed by atoms with van der Waals surface area (Å²) in [5.41, 5.74) is 0. The van der Waals surface area contributed by atoms with Crippen LogP contribution in [-0.4, -0.2) is 42.9 Å². The Labute approximate surface area is 80.5 Å². The van der Waals surface area contributed by atoms with Gasteiger partial charge in [0.15, 0.2) is 0 Å². The molecule has 3 nitrogen and oxygen atoms in total. The van der Waals surface area contributed by atoms with E-state index < -0.39 is 0 Å². The summed E-state index contributed by atoms with van der Waals surface area (Å²) in [6.45, 7) is 7.61. The zero-order valence-corrected chi connectivity index (χ0v) is 8.68. The van der Waals surface area contributed by atoms with Crippen LogP contribution in [0.3, 0.4) is 0 Å². The van der Waals surface area contributed by atoms with Gasteiger partial charge in [0.2, 0.25) is 0 Å². The van der Waals surface area contributed by atoms with Crippen molar-refractivity contribution in [3.63, 3.8) is 0 Å². The molecular formula is C10H20N2O. The molecule has 1 N–H and O–H groups in total. The number of ketones is 1. The number of nitrogens with zero attached hydrogens (tertiary/aromatic N) is 1. The van der Waals surface area contributed by atoms with Crippen LogP contribution >= 0.6 is 0 Å². The molecule has 0 unspecified atom stereocenters. The molecule has 0 aromatic heterocycles. The molecule has 0 aromatic carbocycles. The molecule has 1 fully saturated rings. The summed E-state index contributed by atoms with van der Waals surface area (Å²) in [5.74, 6) is 0.278. The molecule has 0 spiro atoms. The summed E-state index contributed by atoms with van der Waals surface area (Å²) >= 11 is 0. The van der Waals surface area contributed by atoms with Gasteiger partial charge in [-0.25, -0.2) is 0 Å². The lowest BCUT2D eigenvalue weighted by molar-refractivity contribution is -0.118. The van der Waals surface area contributed by atoms with Crippen LogP contribution in [0.2, 0.25) is 0 Å². The van der Waals surface area contributed by atoms with Gasteiger partial charge in [-0.3, -0.25) is 9.69 Å². The van der Waals surface area contributed by atoms with Crippen molar-refractivity contribution in [1.29, 1.82) is 0 Å². The van der Waals surface area contributed by atoms with Crippen molar-refractivity contribution in [3.05, 3.63) is 0 Å². The molecule has 1 rings (SSSR count). The topological polar surface area (TPSA) is 32.3 Å². The number of carbonyl (C=O) groups is 1. The summed E-state index contributed by atoms with van der Waals surface area (Å²) < 4.78 is 0. The summed E-state index contributed by atoms with van der Waals surface area (Å²) in [7, 11) is 0. The number of hydrogen-bond donors (Lipinski definition) is 1. The van der Waals surface area contributed by atoms with Crippen LogP contribution in [0.15, 0.2) is 0 Å². The zero-order chi connectivity index (χ0) is 9.68. The Kier molecular flexibility index (Phi) is 4.39. The van der Waals surface area contributed by atoms with Crippen LogP contribution in [0.1, 0.15) is 26.7 Å². The number of hydrogen-bond acceptors (Lipinski definition) is 3. The standard InChI is InChI=1S/C10H20N2O/c1-3-12(8-9(2)13)10-4-6-11-7-5-10/h10-11H,3-8H2,1-2H3. The minimum Gasteiger partial charge on any atom is -0.317 e. The first-order valence-electron chi connectivity index (χ1n) is 5.18. The number of rotatable bonds is 4. The van der Waals surface area contributed by atoms with Gasteiger partial charge in [0.25, 0.3) is 0 Å². The maximum absolute atomic E-state index is 11.0. The van der Waals surface area contributed by atoms with Crippen molar-refractivity contribution in [2.45, 2.75) is 32.7 Å². The molecule has 0 radical (unpaired) electrons. The molecule has 0 aliphatic carbocycles. The average Bonchev–Trinajstić information content (AvgIpc) is 2.15. The first kappa shape index (κ1) is 10.7. The van der Waals surface area contributed by atoms with Gasteiger partial charge in [0.05, 0.1) is 6.54 Å². The van der Waals surface area contributed by atoms with Crippen LogP contribution in [0.5, 0.6) is 0 Å². The highest BCUT2D eigenvalue weighted by atomic mass is 16.1. The number of nitrogens with one attached hydrogen (secondary N) is 1. The van der Waals surface area contributed by atoms with Crippen LogP contribution in [-0.2, 0) is 4.79 Å². The van der Waals surface area contributed by atoms with E-state index in [0.29, 0.717) is 12.6 Å². The Balaban J connectivity index is 2.39. The van der Waals surface area contributed by atoms with Gasteiger partial charge in [0, 0.05) is 6.04 Å². The molecule has 1 aliphatic heterocycles. The van der Waals surface area contributed by atoms with Gasteiger partial charge in [0.1, 0.15) is 5.78 Å². The molecule has 0 bridgehead atoms. The highest BCUT2D eigenvalue weighted by Gasteiger charge is 2.19. The highest BCUT2D eigenvalue weighted by molar-refractivity contribution is 5.77. The van der Waals surface area contributed by atoms with Crippen LogP contribution in [0.4, 0.5) is 0 Å². The molecule has 0 saturated carbocycles. The van der Waals surface area contributed by atoms with E-state index in [0.717, 1.165) is 19.6 Å². The van der Waals surface area contributed by atoms with Crippen LogP contribution in [0, 0.1) is 0 Å². The van der Waals surface area contributed by atoms with Gasteiger partial charge >= 0.3 is 0 Å². The normalized spacial score (nSPS) is 19.3.